The maximum Gasteiger partial charge on any atom is 0.315 e. The van der Waals surface area contributed by atoms with E-state index in [1.165, 1.54) is 38.5 Å². The summed E-state index contributed by atoms with van der Waals surface area (Å²) in [7, 11) is 0. The maximum absolute atomic E-state index is 11.8. The average molecular weight is 239 g/mol. The molecule has 1 atom stereocenters. The summed E-state index contributed by atoms with van der Waals surface area (Å²) in [6.45, 7) is 0.558. The zero-order valence-corrected chi connectivity index (χ0v) is 10.6. The van der Waals surface area contributed by atoms with E-state index in [-0.39, 0.29) is 12.1 Å². The number of nitrogens with two attached hydrogens (primary N) is 1. The van der Waals surface area contributed by atoms with Gasteiger partial charge in [0.15, 0.2) is 0 Å². The fraction of sp³-hybridized carbons (Fsp3) is 0.923. The molecule has 2 amide bonds. The monoisotopic (exact) mass is 239 g/mol. The number of nitrogens with one attached hydrogen (secondary N) is 2. The van der Waals surface area contributed by atoms with Gasteiger partial charge < -0.3 is 16.4 Å². The van der Waals surface area contributed by atoms with E-state index in [1.807, 2.05) is 0 Å². The van der Waals surface area contributed by atoms with Crippen LogP contribution in [0.15, 0.2) is 0 Å². The van der Waals surface area contributed by atoms with Gasteiger partial charge in [-0.2, -0.15) is 0 Å². The van der Waals surface area contributed by atoms with Crippen LogP contribution in [-0.4, -0.2) is 24.7 Å². The third kappa shape index (κ3) is 3.60. The van der Waals surface area contributed by atoms with Crippen molar-refractivity contribution in [2.24, 2.45) is 11.7 Å². The van der Waals surface area contributed by atoms with E-state index in [2.05, 4.69) is 10.6 Å². The van der Waals surface area contributed by atoms with Gasteiger partial charge in [0.1, 0.15) is 0 Å². The normalized spacial score (nSPS) is 23.8. The highest BCUT2D eigenvalue weighted by atomic mass is 16.2. The molecule has 2 rings (SSSR count). The Morgan fingerprint density at radius 2 is 1.82 bits per heavy atom. The minimum atomic E-state index is -0.0178. The lowest BCUT2D eigenvalue weighted by atomic mass is 9.84. The second-order valence-electron chi connectivity index (χ2n) is 5.49. The van der Waals surface area contributed by atoms with Crippen molar-refractivity contribution >= 4 is 6.03 Å². The van der Waals surface area contributed by atoms with Crippen molar-refractivity contribution in [3.05, 3.63) is 0 Å². The molecule has 0 aromatic heterocycles. The molecule has 0 aliphatic heterocycles. The summed E-state index contributed by atoms with van der Waals surface area (Å²) in [6.07, 6.45) is 9.83. The van der Waals surface area contributed by atoms with Gasteiger partial charge in [-0.3, -0.25) is 0 Å². The summed E-state index contributed by atoms with van der Waals surface area (Å²) >= 11 is 0. The highest BCUT2D eigenvalue weighted by Crippen LogP contribution is 2.26. The van der Waals surface area contributed by atoms with E-state index in [1.54, 1.807) is 0 Å². The van der Waals surface area contributed by atoms with Crippen molar-refractivity contribution in [2.45, 2.75) is 63.5 Å². The van der Waals surface area contributed by atoms with Gasteiger partial charge in [0, 0.05) is 18.6 Å². The largest absolute Gasteiger partial charge is 0.335 e. The molecule has 1 unspecified atom stereocenters. The molecule has 0 bridgehead atoms. The molecule has 4 nitrogen and oxygen atoms in total. The topological polar surface area (TPSA) is 67.1 Å². The predicted octanol–water partition coefficient (Wildman–Crippen LogP) is 1.75. The molecule has 4 heteroatoms. The number of urea groups is 1. The van der Waals surface area contributed by atoms with Gasteiger partial charge in [0.2, 0.25) is 0 Å². The molecule has 0 aromatic rings. The first kappa shape index (κ1) is 12.7. The number of carbonyl (C=O) groups is 1. The van der Waals surface area contributed by atoms with E-state index in [0.717, 1.165) is 12.8 Å². The summed E-state index contributed by atoms with van der Waals surface area (Å²) in [5.74, 6) is 0.584. The van der Waals surface area contributed by atoms with Crippen LogP contribution in [0.1, 0.15) is 51.4 Å². The highest BCUT2D eigenvalue weighted by Gasteiger charge is 2.25. The third-order valence-electron chi connectivity index (χ3n) is 4.23. The first-order valence-electron chi connectivity index (χ1n) is 7.06. The Labute approximate surface area is 104 Å². The van der Waals surface area contributed by atoms with Gasteiger partial charge in [0.25, 0.3) is 0 Å². The van der Waals surface area contributed by atoms with Gasteiger partial charge in [-0.05, 0) is 38.0 Å². The zero-order valence-electron chi connectivity index (χ0n) is 10.6. The zero-order chi connectivity index (χ0) is 12.1. The molecule has 4 N–H and O–H groups in total. The molecule has 2 aliphatic rings. The Bertz CT molecular complexity index is 247. The number of hydrogen-bond donors (Lipinski definition) is 3. The Morgan fingerprint density at radius 1 is 1.12 bits per heavy atom. The van der Waals surface area contributed by atoms with E-state index < -0.39 is 0 Å². The van der Waals surface area contributed by atoms with Crippen LogP contribution in [0.3, 0.4) is 0 Å². The molecule has 0 saturated heterocycles. The first-order valence-corrected chi connectivity index (χ1v) is 7.06. The number of amides is 2. The van der Waals surface area contributed by atoms with Gasteiger partial charge in [-0.25, -0.2) is 4.79 Å². The second kappa shape index (κ2) is 6.24. The fourth-order valence-electron chi connectivity index (χ4n) is 2.85. The molecule has 0 spiro atoms. The fourth-order valence-corrected chi connectivity index (χ4v) is 2.85. The Morgan fingerprint density at radius 3 is 2.35 bits per heavy atom. The van der Waals surface area contributed by atoms with Crippen molar-refractivity contribution in [1.29, 1.82) is 0 Å². The van der Waals surface area contributed by atoms with Gasteiger partial charge in [-0.1, -0.05) is 19.3 Å². The number of carbonyl (C=O) groups excluding carboxylic acids is 1. The van der Waals surface area contributed by atoms with E-state index >= 15 is 0 Å². The minimum absolute atomic E-state index is 0.0178. The lowest BCUT2D eigenvalue weighted by Gasteiger charge is -2.32. The molecule has 2 aliphatic carbocycles. The van der Waals surface area contributed by atoms with Gasteiger partial charge in [0.05, 0.1) is 0 Å². The molecule has 2 fully saturated rings. The molecule has 0 aromatic carbocycles. The number of hydrogen-bond acceptors (Lipinski definition) is 2. The summed E-state index contributed by atoms with van der Waals surface area (Å²) in [4.78, 5) is 11.8. The summed E-state index contributed by atoms with van der Waals surface area (Å²) in [6, 6.07) is 0.547. The van der Waals surface area contributed by atoms with Crippen molar-refractivity contribution in [2.75, 3.05) is 6.54 Å². The minimum Gasteiger partial charge on any atom is -0.335 e. The van der Waals surface area contributed by atoms with Gasteiger partial charge >= 0.3 is 6.03 Å². The van der Waals surface area contributed by atoms with Crippen molar-refractivity contribution in [1.82, 2.24) is 10.6 Å². The van der Waals surface area contributed by atoms with E-state index in [9.17, 15) is 4.79 Å². The summed E-state index contributed by atoms with van der Waals surface area (Å²) in [5, 5.41) is 6.08. The molecular formula is C13H25N3O. The smallest absolute Gasteiger partial charge is 0.315 e. The first-order chi connectivity index (χ1) is 8.29. The van der Waals surface area contributed by atoms with Crippen molar-refractivity contribution in [3.63, 3.8) is 0 Å². The van der Waals surface area contributed by atoms with Crippen molar-refractivity contribution < 1.29 is 4.79 Å². The van der Waals surface area contributed by atoms with E-state index in [4.69, 9.17) is 5.73 Å². The quantitative estimate of drug-likeness (QED) is 0.699. The van der Waals surface area contributed by atoms with Crippen LogP contribution in [0.2, 0.25) is 0 Å². The molecule has 0 heterocycles. The highest BCUT2D eigenvalue weighted by molar-refractivity contribution is 5.74. The maximum atomic E-state index is 11.8. The average Bonchev–Trinajstić information content (AvgIpc) is 2.32. The lowest BCUT2D eigenvalue weighted by molar-refractivity contribution is 0.212. The van der Waals surface area contributed by atoms with Crippen LogP contribution in [-0.2, 0) is 0 Å². The number of rotatable bonds is 4. The standard InChI is InChI=1S/C13H25N3O/c14-9-12(10-5-2-1-3-6-10)16-13(17)15-11-7-4-8-11/h10-12H,1-9,14H2,(H2,15,16,17). The van der Waals surface area contributed by atoms with Crippen LogP contribution >= 0.6 is 0 Å². The Balaban J connectivity index is 1.74. The predicted molar refractivity (Wildman–Crippen MR) is 68.7 cm³/mol. The molecule has 98 valence electrons. The summed E-state index contributed by atoms with van der Waals surface area (Å²) in [5.41, 5.74) is 5.79. The Hall–Kier alpha value is -0.770. The molecule has 2 saturated carbocycles. The second-order valence-corrected chi connectivity index (χ2v) is 5.49. The SMILES string of the molecule is NCC(NC(=O)NC1CCC1)C1CCCCC1. The van der Waals surface area contributed by atoms with Crippen LogP contribution in [0.25, 0.3) is 0 Å². The lowest BCUT2D eigenvalue weighted by Crippen LogP contribution is -2.52. The molecule has 17 heavy (non-hydrogen) atoms. The molecular weight excluding hydrogens is 214 g/mol. The van der Waals surface area contributed by atoms with E-state index in [0.29, 0.717) is 18.5 Å². The van der Waals surface area contributed by atoms with Gasteiger partial charge in [-0.15, -0.1) is 0 Å². The van der Waals surface area contributed by atoms with Crippen LogP contribution < -0.4 is 16.4 Å². The summed E-state index contributed by atoms with van der Waals surface area (Å²) < 4.78 is 0. The van der Waals surface area contributed by atoms with Crippen LogP contribution in [0.4, 0.5) is 4.79 Å². The van der Waals surface area contributed by atoms with Crippen LogP contribution in [0, 0.1) is 5.92 Å². The molecule has 0 radical (unpaired) electrons. The van der Waals surface area contributed by atoms with Crippen LogP contribution in [0.5, 0.6) is 0 Å². The third-order valence-corrected chi connectivity index (χ3v) is 4.23. The van der Waals surface area contributed by atoms with Crippen molar-refractivity contribution in [3.8, 4) is 0 Å². The Kier molecular flexibility index (Phi) is 4.66.